The zero-order valence-electron chi connectivity index (χ0n) is 21.7. The van der Waals surface area contributed by atoms with Crippen LogP contribution >= 0.6 is 11.6 Å². The lowest BCUT2D eigenvalue weighted by Crippen LogP contribution is -2.39. The number of urea groups is 1. The molecule has 2 N–H and O–H groups in total. The van der Waals surface area contributed by atoms with Gasteiger partial charge in [-0.1, -0.05) is 109 Å². The lowest BCUT2D eigenvalue weighted by atomic mass is 10.0. The van der Waals surface area contributed by atoms with E-state index in [0.717, 1.165) is 31.2 Å². The molecule has 0 heterocycles. The van der Waals surface area contributed by atoms with Gasteiger partial charge in [0.05, 0.1) is 4.90 Å². The average Bonchev–Trinajstić information content (AvgIpc) is 2.79. The summed E-state index contributed by atoms with van der Waals surface area (Å²) >= 11 is 6.39. The summed E-state index contributed by atoms with van der Waals surface area (Å²) < 4.78 is 27.4. The standard InChI is InChI=1S/C27H47ClN2O3S/c1-4-6-7-8-9-10-11-12-13-14-15-16-17-18-19-24-23(3)26(21-20-25(24)28)34(32,33)30-27(31)29-22-5-2/h20-21H,4-19,22H2,1-3H3,(H2,29,30,31). The molecule has 0 saturated heterocycles. The summed E-state index contributed by atoms with van der Waals surface area (Å²) in [5, 5.41) is 3.12. The van der Waals surface area contributed by atoms with Crippen molar-refractivity contribution in [2.45, 2.75) is 128 Å². The second-order valence-corrected chi connectivity index (χ2v) is 11.4. The summed E-state index contributed by atoms with van der Waals surface area (Å²) in [6.07, 6.45) is 19.7. The Kier molecular flexibility index (Phi) is 16.3. The van der Waals surface area contributed by atoms with Gasteiger partial charge in [0.1, 0.15) is 0 Å². The van der Waals surface area contributed by atoms with E-state index in [4.69, 9.17) is 11.6 Å². The highest BCUT2D eigenvalue weighted by Crippen LogP contribution is 2.28. The van der Waals surface area contributed by atoms with Gasteiger partial charge in [0.2, 0.25) is 0 Å². The van der Waals surface area contributed by atoms with Crippen molar-refractivity contribution in [2.75, 3.05) is 6.54 Å². The molecule has 5 nitrogen and oxygen atoms in total. The van der Waals surface area contributed by atoms with Crippen molar-refractivity contribution in [3.8, 4) is 0 Å². The molecule has 0 aliphatic carbocycles. The largest absolute Gasteiger partial charge is 0.337 e. The molecule has 0 radical (unpaired) electrons. The van der Waals surface area contributed by atoms with Gasteiger partial charge in [0, 0.05) is 11.6 Å². The third kappa shape index (κ3) is 12.4. The van der Waals surface area contributed by atoms with Gasteiger partial charge >= 0.3 is 6.03 Å². The van der Waals surface area contributed by atoms with Crippen molar-refractivity contribution >= 4 is 27.7 Å². The molecule has 34 heavy (non-hydrogen) atoms. The van der Waals surface area contributed by atoms with Gasteiger partial charge in [0.25, 0.3) is 10.0 Å². The molecular formula is C27H47ClN2O3S. The molecule has 0 atom stereocenters. The summed E-state index contributed by atoms with van der Waals surface area (Å²) in [4.78, 5) is 12.0. The van der Waals surface area contributed by atoms with E-state index >= 15 is 0 Å². The van der Waals surface area contributed by atoms with E-state index < -0.39 is 16.1 Å². The molecule has 0 saturated carbocycles. The van der Waals surface area contributed by atoms with E-state index in [2.05, 4.69) is 17.0 Å². The highest BCUT2D eigenvalue weighted by atomic mass is 35.5. The number of unbranched alkanes of at least 4 members (excludes halogenated alkanes) is 13. The van der Waals surface area contributed by atoms with Gasteiger partial charge in [-0.2, -0.15) is 0 Å². The quantitative estimate of drug-likeness (QED) is 0.183. The van der Waals surface area contributed by atoms with Gasteiger partial charge in [-0.05, 0) is 49.4 Å². The predicted molar refractivity (Wildman–Crippen MR) is 144 cm³/mol. The first-order valence-corrected chi connectivity index (χ1v) is 15.3. The first kappa shape index (κ1) is 30.8. The Labute approximate surface area is 213 Å². The molecule has 0 aliphatic heterocycles. The molecule has 1 aromatic rings. The van der Waals surface area contributed by atoms with Crippen LogP contribution in [0.4, 0.5) is 4.79 Å². The van der Waals surface area contributed by atoms with Gasteiger partial charge in [-0.3, -0.25) is 0 Å². The Morgan fingerprint density at radius 2 is 1.29 bits per heavy atom. The van der Waals surface area contributed by atoms with Crippen molar-refractivity contribution in [2.24, 2.45) is 0 Å². The first-order valence-electron chi connectivity index (χ1n) is 13.4. The van der Waals surface area contributed by atoms with E-state index in [1.165, 1.54) is 83.1 Å². The van der Waals surface area contributed by atoms with Crippen LogP contribution in [0.3, 0.4) is 0 Å². The third-order valence-corrected chi connectivity index (χ3v) is 8.15. The number of carbonyl (C=O) groups is 1. The molecule has 0 bridgehead atoms. The predicted octanol–water partition coefficient (Wildman–Crippen LogP) is 8.07. The Morgan fingerprint density at radius 3 is 1.79 bits per heavy atom. The van der Waals surface area contributed by atoms with Gasteiger partial charge in [0.15, 0.2) is 0 Å². The van der Waals surface area contributed by atoms with Crippen molar-refractivity contribution in [1.82, 2.24) is 10.0 Å². The second-order valence-electron chi connectivity index (χ2n) is 9.36. The van der Waals surface area contributed by atoms with Crippen LogP contribution in [0.15, 0.2) is 17.0 Å². The summed E-state index contributed by atoms with van der Waals surface area (Å²) in [6.45, 7) is 6.36. The molecule has 0 spiro atoms. The van der Waals surface area contributed by atoms with Gasteiger partial charge in [-0.25, -0.2) is 17.9 Å². The molecule has 0 aromatic heterocycles. The Hall–Kier alpha value is -1.27. The van der Waals surface area contributed by atoms with E-state index in [9.17, 15) is 13.2 Å². The number of amides is 2. The van der Waals surface area contributed by atoms with Crippen molar-refractivity contribution in [1.29, 1.82) is 0 Å². The highest BCUT2D eigenvalue weighted by Gasteiger charge is 2.22. The van der Waals surface area contributed by atoms with Crippen LogP contribution in [0.5, 0.6) is 0 Å². The molecule has 1 aromatic carbocycles. The van der Waals surface area contributed by atoms with Crippen LogP contribution in [0, 0.1) is 6.92 Å². The number of sulfonamides is 1. The Morgan fingerprint density at radius 1 is 0.794 bits per heavy atom. The number of rotatable bonds is 19. The highest BCUT2D eigenvalue weighted by molar-refractivity contribution is 7.90. The number of nitrogens with one attached hydrogen (secondary N) is 2. The van der Waals surface area contributed by atoms with Crippen molar-refractivity contribution in [3.63, 3.8) is 0 Å². The van der Waals surface area contributed by atoms with Crippen molar-refractivity contribution in [3.05, 3.63) is 28.3 Å². The number of carbonyl (C=O) groups excluding carboxylic acids is 1. The summed E-state index contributed by atoms with van der Waals surface area (Å²) in [6, 6.07) is 2.39. The average molecular weight is 515 g/mol. The Balaban J connectivity index is 2.33. The van der Waals surface area contributed by atoms with E-state index in [1.807, 2.05) is 6.92 Å². The zero-order chi connectivity index (χ0) is 25.2. The summed E-state index contributed by atoms with van der Waals surface area (Å²) in [5.74, 6) is 0. The smallest absolute Gasteiger partial charge is 0.328 e. The maximum absolute atomic E-state index is 12.7. The monoisotopic (exact) mass is 514 g/mol. The summed E-state index contributed by atoms with van der Waals surface area (Å²) in [5.41, 5.74) is 1.48. The minimum absolute atomic E-state index is 0.115. The number of benzene rings is 1. The van der Waals surface area contributed by atoms with Gasteiger partial charge < -0.3 is 5.32 Å². The zero-order valence-corrected chi connectivity index (χ0v) is 23.3. The number of hydrogen-bond donors (Lipinski definition) is 2. The topological polar surface area (TPSA) is 75.3 Å². The third-order valence-electron chi connectivity index (χ3n) is 6.32. The fourth-order valence-corrected chi connectivity index (χ4v) is 5.75. The van der Waals surface area contributed by atoms with Crippen molar-refractivity contribution < 1.29 is 13.2 Å². The van der Waals surface area contributed by atoms with Crippen LogP contribution in [0.2, 0.25) is 5.02 Å². The van der Waals surface area contributed by atoms with Crippen LogP contribution in [-0.2, 0) is 16.4 Å². The molecular weight excluding hydrogens is 468 g/mol. The molecule has 196 valence electrons. The van der Waals surface area contributed by atoms with Crippen LogP contribution in [0.1, 0.15) is 121 Å². The van der Waals surface area contributed by atoms with Crippen LogP contribution in [-0.4, -0.2) is 21.0 Å². The lowest BCUT2D eigenvalue weighted by molar-refractivity contribution is 0.246. The number of hydrogen-bond acceptors (Lipinski definition) is 3. The van der Waals surface area contributed by atoms with E-state index in [-0.39, 0.29) is 4.90 Å². The normalized spacial score (nSPS) is 11.5. The maximum Gasteiger partial charge on any atom is 0.328 e. The second kappa shape index (κ2) is 18.1. The molecule has 2 amide bonds. The molecule has 0 unspecified atom stereocenters. The first-order chi connectivity index (χ1) is 16.3. The van der Waals surface area contributed by atoms with Gasteiger partial charge in [-0.15, -0.1) is 0 Å². The van der Waals surface area contributed by atoms with E-state index in [1.54, 1.807) is 13.0 Å². The minimum Gasteiger partial charge on any atom is -0.337 e. The molecule has 0 aliphatic rings. The summed E-state index contributed by atoms with van der Waals surface area (Å²) in [7, 11) is -3.94. The fraction of sp³-hybridized carbons (Fsp3) is 0.741. The minimum atomic E-state index is -3.94. The SMILES string of the molecule is CCCCCCCCCCCCCCCCc1c(Cl)ccc(S(=O)(=O)NC(=O)NCCC)c1C. The van der Waals surface area contributed by atoms with E-state index in [0.29, 0.717) is 17.1 Å². The van der Waals surface area contributed by atoms with Crippen LogP contribution < -0.4 is 10.0 Å². The molecule has 1 rings (SSSR count). The maximum atomic E-state index is 12.7. The molecule has 7 heteroatoms. The lowest BCUT2D eigenvalue weighted by Gasteiger charge is -2.15. The fourth-order valence-electron chi connectivity index (χ4n) is 4.25. The van der Waals surface area contributed by atoms with Crippen LogP contribution in [0.25, 0.3) is 0 Å². The Bertz CT molecular complexity index is 812. The number of halogens is 1. The molecule has 0 fully saturated rings.